The standard InChI is InChI=1S/C9H17NO4S/c1-14-9(11)4-5-15(12,13)6-8(10)7-2-3-7/h7-8H,2-6,10H2,1H3. The van der Waals surface area contributed by atoms with E-state index in [1.807, 2.05) is 0 Å². The van der Waals surface area contributed by atoms with Gasteiger partial charge in [-0.15, -0.1) is 0 Å². The normalized spacial score (nSPS) is 18.5. The van der Waals surface area contributed by atoms with E-state index in [9.17, 15) is 13.2 Å². The fraction of sp³-hybridized carbons (Fsp3) is 0.889. The molecule has 1 saturated carbocycles. The van der Waals surface area contributed by atoms with Gasteiger partial charge in [0.25, 0.3) is 0 Å². The summed E-state index contributed by atoms with van der Waals surface area (Å²) in [4.78, 5) is 10.8. The lowest BCUT2D eigenvalue weighted by Crippen LogP contribution is -2.33. The highest BCUT2D eigenvalue weighted by molar-refractivity contribution is 7.91. The van der Waals surface area contributed by atoms with Gasteiger partial charge in [-0.3, -0.25) is 4.79 Å². The van der Waals surface area contributed by atoms with Crippen molar-refractivity contribution in [3.05, 3.63) is 0 Å². The minimum Gasteiger partial charge on any atom is -0.469 e. The molecule has 0 aliphatic heterocycles. The summed E-state index contributed by atoms with van der Waals surface area (Å²) < 4.78 is 27.4. The molecule has 0 aromatic carbocycles. The second kappa shape index (κ2) is 4.94. The molecule has 1 rings (SSSR count). The van der Waals surface area contributed by atoms with Gasteiger partial charge >= 0.3 is 5.97 Å². The van der Waals surface area contributed by atoms with E-state index < -0.39 is 15.8 Å². The predicted molar refractivity (Wildman–Crippen MR) is 56.0 cm³/mol. The zero-order chi connectivity index (χ0) is 11.5. The fourth-order valence-corrected chi connectivity index (χ4v) is 2.88. The number of hydrogen-bond acceptors (Lipinski definition) is 5. The van der Waals surface area contributed by atoms with Gasteiger partial charge in [0, 0.05) is 6.04 Å². The average molecular weight is 235 g/mol. The third-order valence-electron chi connectivity index (χ3n) is 2.52. The van der Waals surface area contributed by atoms with Crippen LogP contribution < -0.4 is 5.73 Å². The topological polar surface area (TPSA) is 86.5 Å². The third kappa shape index (κ3) is 4.61. The van der Waals surface area contributed by atoms with Gasteiger partial charge < -0.3 is 10.5 Å². The molecule has 0 bridgehead atoms. The van der Waals surface area contributed by atoms with Crippen molar-refractivity contribution in [3.8, 4) is 0 Å². The van der Waals surface area contributed by atoms with E-state index in [4.69, 9.17) is 5.73 Å². The van der Waals surface area contributed by atoms with E-state index in [-0.39, 0.29) is 24.0 Å². The maximum atomic E-state index is 11.5. The Morgan fingerprint density at radius 2 is 2.13 bits per heavy atom. The van der Waals surface area contributed by atoms with E-state index in [0.29, 0.717) is 5.92 Å². The van der Waals surface area contributed by atoms with Gasteiger partial charge in [-0.05, 0) is 18.8 Å². The van der Waals surface area contributed by atoms with E-state index in [1.54, 1.807) is 0 Å². The molecule has 0 amide bonds. The molecule has 1 atom stereocenters. The van der Waals surface area contributed by atoms with Crippen LogP contribution >= 0.6 is 0 Å². The molecule has 1 fully saturated rings. The summed E-state index contributed by atoms with van der Waals surface area (Å²) >= 11 is 0. The smallest absolute Gasteiger partial charge is 0.306 e. The molecule has 0 saturated heterocycles. The first-order valence-corrected chi connectivity index (χ1v) is 6.79. The zero-order valence-electron chi connectivity index (χ0n) is 8.81. The van der Waals surface area contributed by atoms with Crippen molar-refractivity contribution in [1.82, 2.24) is 0 Å². The Labute approximate surface area is 89.9 Å². The average Bonchev–Trinajstić information content (AvgIpc) is 2.96. The molecule has 0 heterocycles. The van der Waals surface area contributed by atoms with Crippen LogP contribution in [0, 0.1) is 5.92 Å². The number of rotatable bonds is 6. The van der Waals surface area contributed by atoms with Gasteiger partial charge in [0.1, 0.15) is 0 Å². The Bertz CT molecular complexity index is 321. The summed E-state index contributed by atoms with van der Waals surface area (Å²) in [6.45, 7) is 0. The first kappa shape index (κ1) is 12.4. The number of sulfone groups is 1. The van der Waals surface area contributed by atoms with Gasteiger partial charge in [0.05, 0.1) is 25.0 Å². The largest absolute Gasteiger partial charge is 0.469 e. The molecule has 0 aromatic rings. The van der Waals surface area contributed by atoms with Crippen LogP contribution in [-0.2, 0) is 19.4 Å². The number of carbonyl (C=O) groups excluding carboxylic acids is 1. The van der Waals surface area contributed by atoms with E-state index >= 15 is 0 Å². The molecular weight excluding hydrogens is 218 g/mol. The Morgan fingerprint density at radius 3 is 2.60 bits per heavy atom. The summed E-state index contributed by atoms with van der Waals surface area (Å²) in [6, 6.07) is -0.271. The van der Waals surface area contributed by atoms with Crippen molar-refractivity contribution < 1.29 is 17.9 Å². The van der Waals surface area contributed by atoms with Crippen LogP contribution in [0.25, 0.3) is 0 Å². The maximum absolute atomic E-state index is 11.5. The van der Waals surface area contributed by atoms with Gasteiger partial charge in [-0.2, -0.15) is 0 Å². The Kier molecular flexibility index (Phi) is 4.10. The van der Waals surface area contributed by atoms with Gasteiger partial charge in [-0.1, -0.05) is 0 Å². The molecule has 1 aliphatic carbocycles. The molecule has 6 heteroatoms. The first-order valence-electron chi connectivity index (χ1n) is 4.97. The molecule has 0 spiro atoms. The van der Waals surface area contributed by atoms with Gasteiger partial charge in [-0.25, -0.2) is 8.42 Å². The summed E-state index contributed by atoms with van der Waals surface area (Å²) in [5.41, 5.74) is 5.71. The summed E-state index contributed by atoms with van der Waals surface area (Å²) in [5, 5.41) is 0. The molecule has 2 N–H and O–H groups in total. The SMILES string of the molecule is COC(=O)CCS(=O)(=O)CC(N)C1CC1. The number of hydrogen-bond donors (Lipinski definition) is 1. The number of methoxy groups -OCH3 is 1. The minimum atomic E-state index is -3.22. The Balaban J connectivity index is 2.34. The van der Waals surface area contributed by atoms with Crippen molar-refractivity contribution in [2.24, 2.45) is 11.7 Å². The van der Waals surface area contributed by atoms with Crippen molar-refractivity contribution in [1.29, 1.82) is 0 Å². The fourth-order valence-electron chi connectivity index (χ4n) is 1.38. The summed E-state index contributed by atoms with van der Waals surface area (Å²) in [7, 11) is -1.98. The number of esters is 1. The summed E-state index contributed by atoms with van der Waals surface area (Å²) in [6.07, 6.45) is 1.96. The number of nitrogens with two attached hydrogens (primary N) is 1. The van der Waals surface area contributed by atoms with Crippen molar-refractivity contribution in [2.45, 2.75) is 25.3 Å². The highest BCUT2D eigenvalue weighted by atomic mass is 32.2. The van der Waals surface area contributed by atoms with E-state index in [0.717, 1.165) is 12.8 Å². The van der Waals surface area contributed by atoms with Gasteiger partial charge in [0.2, 0.25) is 0 Å². The molecule has 0 aromatic heterocycles. The molecule has 0 radical (unpaired) electrons. The highest BCUT2D eigenvalue weighted by Crippen LogP contribution is 2.32. The van der Waals surface area contributed by atoms with E-state index in [1.165, 1.54) is 7.11 Å². The third-order valence-corrected chi connectivity index (χ3v) is 4.24. The zero-order valence-corrected chi connectivity index (χ0v) is 9.63. The highest BCUT2D eigenvalue weighted by Gasteiger charge is 2.31. The number of ether oxygens (including phenoxy) is 1. The minimum absolute atomic E-state index is 0.0192. The lowest BCUT2D eigenvalue weighted by Gasteiger charge is -2.10. The molecule has 5 nitrogen and oxygen atoms in total. The Hall–Kier alpha value is -0.620. The summed E-state index contributed by atoms with van der Waals surface area (Å²) in [5.74, 6) is -0.328. The van der Waals surface area contributed by atoms with Crippen LogP contribution in [0.3, 0.4) is 0 Å². The first-order chi connectivity index (χ1) is 6.94. The van der Waals surface area contributed by atoms with Crippen LogP contribution in [-0.4, -0.2) is 39.0 Å². The Morgan fingerprint density at radius 1 is 1.53 bits per heavy atom. The lowest BCUT2D eigenvalue weighted by molar-refractivity contribution is -0.140. The quantitative estimate of drug-likeness (QED) is 0.639. The van der Waals surface area contributed by atoms with Gasteiger partial charge in [0.15, 0.2) is 9.84 Å². The van der Waals surface area contributed by atoms with Crippen LogP contribution in [0.2, 0.25) is 0 Å². The molecule has 88 valence electrons. The van der Waals surface area contributed by atoms with Crippen molar-refractivity contribution in [3.63, 3.8) is 0 Å². The van der Waals surface area contributed by atoms with Crippen molar-refractivity contribution >= 4 is 15.8 Å². The molecule has 1 aliphatic rings. The molecular formula is C9H17NO4S. The second-order valence-corrected chi connectivity index (χ2v) is 6.17. The van der Waals surface area contributed by atoms with E-state index in [2.05, 4.69) is 4.74 Å². The molecule has 15 heavy (non-hydrogen) atoms. The van der Waals surface area contributed by atoms with Crippen LogP contribution in [0.4, 0.5) is 0 Å². The second-order valence-electron chi connectivity index (χ2n) is 3.94. The van der Waals surface area contributed by atoms with Crippen LogP contribution in [0.1, 0.15) is 19.3 Å². The molecule has 1 unspecified atom stereocenters. The predicted octanol–water partition coefficient (Wildman–Crippen LogP) is -0.298. The lowest BCUT2D eigenvalue weighted by atomic mass is 10.2. The monoisotopic (exact) mass is 235 g/mol. The van der Waals surface area contributed by atoms with Crippen LogP contribution in [0.5, 0.6) is 0 Å². The maximum Gasteiger partial charge on any atom is 0.306 e. The van der Waals surface area contributed by atoms with Crippen LogP contribution in [0.15, 0.2) is 0 Å². The van der Waals surface area contributed by atoms with Crippen molar-refractivity contribution in [2.75, 3.05) is 18.6 Å². The number of carbonyl (C=O) groups is 1.